The Kier molecular flexibility index (Phi) is 3.49. The first-order valence-corrected chi connectivity index (χ1v) is 7.21. The molecule has 2 aliphatic heterocycles. The van der Waals surface area contributed by atoms with E-state index in [4.69, 9.17) is 4.74 Å². The van der Waals surface area contributed by atoms with Crippen molar-refractivity contribution in [2.45, 2.75) is 32.3 Å². The number of fused-ring (bicyclic) bond motifs is 1. The average Bonchev–Trinajstić information content (AvgIpc) is 2.69. The fraction of sp³-hybridized carbons (Fsp3) is 0.438. The maximum Gasteiger partial charge on any atom is 0.306 e. The maximum atomic E-state index is 12.2. The molecule has 110 valence electrons. The van der Waals surface area contributed by atoms with Crippen LogP contribution >= 0.6 is 0 Å². The summed E-state index contributed by atoms with van der Waals surface area (Å²) in [4.78, 5) is 37.1. The fourth-order valence-electron chi connectivity index (χ4n) is 2.99. The number of hydrogen-bond acceptors (Lipinski definition) is 4. The van der Waals surface area contributed by atoms with Crippen molar-refractivity contribution in [3.63, 3.8) is 0 Å². The number of ether oxygens (including phenoxy) is 1. The smallest absolute Gasteiger partial charge is 0.306 e. The van der Waals surface area contributed by atoms with Crippen LogP contribution in [-0.2, 0) is 9.53 Å². The molecule has 5 nitrogen and oxygen atoms in total. The van der Waals surface area contributed by atoms with Crippen molar-refractivity contribution in [3.8, 4) is 0 Å². The van der Waals surface area contributed by atoms with Crippen LogP contribution in [0.5, 0.6) is 0 Å². The molecule has 0 unspecified atom stereocenters. The van der Waals surface area contributed by atoms with E-state index in [-0.39, 0.29) is 30.4 Å². The Labute approximate surface area is 122 Å². The second kappa shape index (κ2) is 5.31. The van der Waals surface area contributed by atoms with Crippen LogP contribution in [0.25, 0.3) is 0 Å². The Morgan fingerprint density at radius 3 is 2.33 bits per heavy atom. The summed E-state index contributed by atoms with van der Waals surface area (Å²) >= 11 is 0. The van der Waals surface area contributed by atoms with Gasteiger partial charge in [-0.15, -0.1) is 0 Å². The van der Waals surface area contributed by atoms with Gasteiger partial charge in [-0.2, -0.15) is 0 Å². The van der Waals surface area contributed by atoms with Gasteiger partial charge in [0.2, 0.25) is 0 Å². The number of imide groups is 1. The minimum Gasteiger partial charge on any atom is -0.462 e. The van der Waals surface area contributed by atoms with E-state index in [1.165, 1.54) is 4.90 Å². The summed E-state index contributed by atoms with van der Waals surface area (Å²) in [6.07, 6.45) is 1.53. The molecule has 1 saturated heterocycles. The molecule has 21 heavy (non-hydrogen) atoms. The molecule has 2 atom stereocenters. The number of hydrogen-bond donors (Lipinski definition) is 0. The van der Waals surface area contributed by atoms with Crippen LogP contribution in [0.4, 0.5) is 0 Å². The molecule has 0 spiro atoms. The van der Waals surface area contributed by atoms with E-state index in [1.54, 1.807) is 24.3 Å². The standard InChI is InChI=1S/C16H17NO4/c1-10-8-11(21-14(18)9-10)6-7-17-15(19)12-4-2-3-5-13(12)16(17)20/h2-5,10-11H,6-9H2,1H3/t10-,11+/m0/s1. The molecular weight excluding hydrogens is 270 g/mol. The summed E-state index contributed by atoms with van der Waals surface area (Å²) in [6.45, 7) is 2.30. The minimum atomic E-state index is -0.259. The van der Waals surface area contributed by atoms with Crippen molar-refractivity contribution in [3.05, 3.63) is 35.4 Å². The van der Waals surface area contributed by atoms with Crippen LogP contribution in [0.15, 0.2) is 24.3 Å². The van der Waals surface area contributed by atoms with Crippen LogP contribution in [0, 0.1) is 5.92 Å². The summed E-state index contributed by atoms with van der Waals surface area (Å²) in [5, 5.41) is 0. The summed E-state index contributed by atoms with van der Waals surface area (Å²) in [5.41, 5.74) is 0.910. The Bertz CT molecular complexity index is 575. The summed E-state index contributed by atoms with van der Waals surface area (Å²) in [7, 11) is 0. The summed E-state index contributed by atoms with van der Waals surface area (Å²) in [6, 6.07) is 6.83. The van der Waals surface area contributed by atoms with Gasteiger partial charge in [-0.1, -0.05) is 19.1 Å². The Morgan fingerprint density at radius 1 is 1.14 bits per heavy atom. The largest absolute Gasteiger partial charge is 0.462 e. The minimum absolute atomic E-state index is 0.193. The first-order chi connectivity index (χ1) is 10.1. The Hall–Kier alpha value is -2.17. The Morgan fingerprint density at radius 2 is 1.76 bits per heavy atom. The second-order valence-corrected chi connectivity index (χ2v) is 5.75. The number of carbonyl (C=O) groups is 3. The van der Waals surface area contributed by atoms with E-state index in [0.29, 0.717) is 29.9 Å². The number of carbonyl (C=O) groups excluding carboxylic acids is 3. The molecule has 3 rings (SSSR count). The van der Waals surface area contributed by atoms with Gasteiger partial charge >= 0.3 is 5.97 Å². The van der Waals surface area contributed by atoms with Crippen LogP contribution in [0.3, 0.4) is 0 Å². The molecular formula is C16H17NO4. The van der Waals surface area contributed by atoms with Crippen molar-refractivity contribution in [2.75, 3.05) is 6.54 Å². The van der Waals surface area contributed by atoms with E-state index in [9.17, 15) is 14.4 Å². The molecule has 0 bridgehead atoms. The third-order valence-electron chi connectivity index (χ3n) is 4.03. The molecule has 1 fully saturated rings. The highest BCUT2D eigenvalue weighted by Crippen LogP contribution is 2.26. The lowest BCUT2D eigenvalue weighted by molar-refractivity contribution is -0.156. The molecule has 2 amide bonds. The lowest BCUT2D eigenvalue weighted by Crippen LogP contribution is -2.35. The van der Waals surface area contributed by atoms with E-state index < -0.39 is 0 Å². The van der Waals surface area contributed by atoms with Gasteiger partial charge < -0.3 is 4.74 Å². The number of esters is 1. The molecule has 0 aliphatic carbocycles. The van der Waals surface area contributed by atoms with Crippen molar-refractivity contribution in [1.29, 1.82) is 0 Å². The fourth-order valence-corrected chi connectivity index (χ4v) is 2.99. The first kappa shape index (κ1) is 13.8. The van der Waals surface area contributed by atoms with Gasteiger partial charge in [-0.25, -0.2) is 0 Å². The van der Waals surface area contributed by atoms with Crippen molar-refractivity contribution in [2.24, 2.45) is 5.92 Å². The third-order valence-corrected chi connectivity index (χ3v) is 4.03. The number of rotatable bonds is 3. The monoisotopic (exact) mass is 287 g/mol. The second-order valence-electron chi connectivity index (χ2n) is 5.75. The quantitative estimate of drug-likeness (QED) is 0.630. The molecule has 1 aromatic carbocycles. The molecule has 0 aromatic heterocycles. The van der Waals surface area contributed by atoms with Gasteiger partial charge in [0, 0.05) is 19.4 Å². The lowest BCUT2D eigenvalue weighted by Gasteiger charge is -2.27. The van der Waals surface area contributed by atoms with E-state index in [0.717, 1.165) is 6.42 Å². The van der Waals surface area contributed by atoms with Gasteiger partial charge in [0.15, 0.2) is 0 Å². The van der Waals surface area contributed by atoms with Gasteiger partial charge in [0.25, 0.3) is 11.8 Å². The van der Waals surface area contributed by atoms with E-state index in [2.05, 4.69) is 0 Å². The summed E-state index contributed by atoms with van der Waals surface area (Å²) in [5.74, 6) is -0.420. The third kappa shape index (κ3) is 2.55. The summed E-state index contributed by atoms with van der Waals surface area (Å²) < 4.78 is 5.28. The zero-order valence-electron chi connectivity index (χ0n) is 11.9. The number of benzene rings is 1. The predicted molar refractivity (Wildman–Crippen MR) is 74.7 cm³/mol. The van der Waals surface area contributed by atoms with E-state index >= 15 is 0 Å². The normalized spacial score (nSPS) is 25.0. The van der Waals surface area contributed by atoms with Gasteiger partial charge in [-0.3, -0.25) is 19.3 Å². The van der Waals surface area contributed by atoms with Gasteiger partial charge in [0.05, 0.1) is 11.1 Å². The average molecular weight is 287 g/mol. The van der Waals surface area contributed by atoms with Crippen molar-refractivity contribution in [1.82, 2.24) is 4.90 Å². The predicted octanol–water partition coefficient (Wildman–Crippen LogP) is 2.01. The molecule has 1 aromatic rings. The molecule has 0 N–H and O–H groups in total. The van der Waals surface area contributed by atoms with Gasteiger partial charge in [0.1, 0.15) is 6.10 Å². The van der Waals surface area contributed by atoms with E-state index in [1.807, 2.05) is 6.92 Å². The molecule has 5 heteroatoms. The molecule has 2 heterocycles. The zero-order valence-corrected chi connectivity index (χ0v) is 11.9. The Balaban J connectivity index is 1.66. The van der Waals surface area contributed by atoms with Crippen molar-refractivity contribution >= 4 is 17.8 Å². The van der Waals surface area contributed by atoms with Crippen LogP contribution in [-0.4, -0.2) is 35.3 Å². The highest BCUT2D eigenvalue weighted by atomic mass is 16.5. The highest BCUT2D eigenvalue weighted by molar-refractivity contribution is 6.21. The molecule has 0 saturated carbocycles. The van der Waals surface area contributed by atoms with Crippen LogP contribution < -0.4 is 0 Å². The number of amides is 2. The number of nitrogens with zero attached hydrogens (tertiary/aromatic N) is 1. The maximum absolute atomic E-state index is 12.2. The first-order valence-electron chi connectivity index (χ1n) is 7.21. The topological polar surface area (TPSA) is 63.7 Å². The van der Waals surface area contributed by atoms with Crippen LogP contribution in [0.1, 0.15) is 46.9 Å². The SMILES string of the molecule is C[C@@H]1CC(=O)O[C@H](CCN2C(=O)c3ccccc3C2=O)C1. The number of cyclic esters (lactones) is 1. The molecule has 0 radical (unpaired) electrons. The van der Waals surface area contributed by atoms with Crippen molar-refractivity contribution < 1.29 is 19.1 Å². The highest BCUT2D eigenvalue weighted by Gasteiger charge is 2.36. The van der Waals surface area contributed by atoms with Gasteiger partial charge in [-0.05, 0) is 24.5 Å². The van der Waals surface area contributed by atoms with Crippen LogP contribution in [0.2, 0.25) is 0 Å². The zero-order chi connectivity index (χ0) is 15.0. The molecule has 2 aliphatic rings. The lowest BCUT2D eigenvalue weighted by atomic mass is 9.95.